The quantitative estimate of drug-likeness (QED) is 0.801. The van der Waals surface area contributed by atoms with Crippen molar-refractivity contribution in [3.05, 3.63) is 17.7 Å². The lowest BCUT2D eigenvalue weighted by molar-refractivity contribution is 0.0942. The van der Waals surface area contributed by atoms with E-state index in [1.165, 1.54) is 0 Å². The maximum Gasteiger partial charge on any atom is 0.251 e. The Bertz CT molecular complexity index is 444. The van der Waals surface area contributed by atoms with Gasteiger partial charge in [0.2, 0.25) is 5.75 Å². The fourth-order valence-electron chi connectivity index (χ4n) is 1.87. The van der Waals surface area contributed by atoms with E-state index in [1.54, 1.807) is 12.1 Å². The second kappa shape index (κ2) is 8.39. The Kier molecular flexibility index (Phi) is 6.85. The standard InChI is InChI=1S/C16H25NO4/c1-6-19-13-9-12(16(18)17-11(4)5)10-14(20-7-2)15(13)21-8-3/h9-11H,6-8H2,1-5H3,(H,17,18). The van der Waals surface area contributed by atoms with Crippen LogP contribution in [0.4, 0.5) is 0 Å². The molecule has 1 aromatic carbocycles. The fraction of sp³-hybridized carbons (Fsp3) is 0.562. The van der Waals surface area contributed by atoms with Crippen LogP contribution < -0.4 is 19.5 Å². The lowest BCUT2D eigenvalue weighted by atomic mass is 10.1. The second-order valence-electron chi connectivity index (χ2n) is 4.73. The summed E-state index contributed by atoms with van der Waals surface area (Å²) in [5.41, 5.74) is 0.499. The minimum Gasteiger partial charge on any atom is -0.490 e. The molecule has 0 atom stereocenters. The maximum atomic E-state index is 12.2. The highest BCUT2D eigenvalue weighted by molar-refractivity contribution is 5.95. The summed E-state index contributed by atoms with van der Waals surface area (Å²) in [6.45, 7) is 11.0. The van der Waals surface area contributed by atoms with Crippen molar-refractivity contribution < 1.29 is 19.0 Å². The van der Waals surface area contributed by atoms with E-state index in [1.807, 2.05) is 34.6 Å². The highest BCUT2D eigenvalue weighted by Crippen LogP contribution is 2.39. The molecule has 0 aliphatic heterocycles. The van der Waals surface area contributed by atoms with Crippen LogP contribution in [0.25, 0.3) is 0 Å². The third-order valence-electron chi connectivity index (χ3n) is 2.59. The summed E-state index contributed by atoms with van der Waals surface area (Å²) < 4.78 is 16.8. The molecule has 1 amide bonds. The molecular weight excluding hydrogens is 270 g/mol. The summed E-state index contributed by atoms with van der Waals surface area (Å²) in [6.07, 6.45) is 0. The van der Waals surface area contributed by atoms with E-state index in [4.69, 9.17) is 14.2 Å². The van der Waals surface area contributed by atoms with E-state index < -0.39 is 0 Å². The van der Waals surface area contributed by atoms with Crippen molar-refractivity contribution in [2.75, 3.05) is 19.8 Å². The van der Waals surface area contributed by atoms with Crippen LogP contribution in [0.2, 0.25) is 0 Å². The normalized spacial score (nSPS) is 10.4. The van der Waals surface area contributed by atoms with Crippen molar-refractivity contribution in [3.63, 3.8) is 0 Å². The van der Waals surface area contributed by atoms with Gasteiger partial charge in [-0.15, -0.1) is 0 Å². The minimum atomic E-state index is -0.157. The summed E-state index contributed by atoms with van der Waals surface area (Å²) in [4.78, 5) is 12.2. The molecule has 21 heavy (non-hydrogen) atoms. The van der Waals surface area contributed by atoms with Crippen LogP contribution in [0.3, 0.4) is 0 Å². The van der Waals surface area contributed by atoms with E-state index in [9.17, 15) is 4.79 Å². The number of carbonyl (C=O) groups excluding carboxylic acids is 1. The molecule has 1 aromatic rings. The van der Waals surface area contributed by atoms with Gasteiger partial charge in [-0.1, -0.05) is 0 Å². The number of amides is 1. The average Bonchev–Trinajstić information content (AvgIpc) is 2.41. The molecule has 0 saturated carbocycles. The topological polar surface area (TPSA) is 56.8 Å². The molecular formula is C16H25NO4. The highest BCUT2D eigenvalue weighted by atomic mass is 16.5. The SMILES string of the molecule is CCOc1cc(C(=O)NC(C)C)cc(OCC)c1OCC. The lowest BCUT2D eigenvalue weighted by Gasteiger charge is -2.17. The summed E-state index contributed by atoms with van der Waals surface area (Å²) in [6, 6.07) is 3.44. The lowest BCUT2D eigenvalue weighted by Crippen LogP contribution is -2.30. The van der Waals surface area contributed by atoms with Crippen LogP contribution in [0.15, 0.2) is 12.1 Å². The number of benzene rings is 1. The second-order valence-corrected chi connectivity index (χ2v) is 4.73. The largest absolute Gasteiger partial charge is 0.490 e. The third kappa shape index (κ3) is 4.85. The van der Waals surface area contributed by atoms with Gasteiger partial charge in [0.05, 0.1) is 19.8 Å². The Morgan fingerprint density at radius 2 is 1.48 bits per heavy atom. The molecule has 0 bridgehead atoms. The first-order valence-corrected chi connectivity index (χ1v) is 7.40. The van der Waals surface area contributed by atoms with Crippen LogP contribution in [-0.4, -0.2) is 31.8 Å². The smallest absolute Gasteiger partial charge is 0.251 e. The number of rotatable bonds is 8. The summed E-state index contributed by atoms with van der Waals surface area (Å²) >= 11 is 0. The highest BCUT2D eigenvalue weighted by Gasteiger charge is 2.18. The van der Waals surface area contributed by atoms with Crippen molar-refractivity contribution in [1.82, 2.24) is 5.32 Å². The van der Waals surface area contributed by atoms with Gasteiger partial charge in [0.25, 0.3) is 5.91 Å². The van der Waals surface area contributed by atoms with E-state index in [0.29, 0.717) is 42.6 Å². The molecule has 0 aromatic heterocycles. The van der Waals surface area contributed by atoms with Crippen molar-refractivity contribution in [1.29, 1.82) is 0 Å². The van der Waals surface area contributed by atoms with Gasteiger partial charge in [-0.25, -0.2) is 0 Å². The molecule has 0 heterocycles. The fourth-order valence-corrected chi connectivity index (χ4v) is 1.87. The molecule has 0 saturated heterocycles. The summed E-state index contributed by atoms with van der Waals surface area (Å²) in [5.74, 6) is 1.44. The number of hydrogen-bond acceptors (Lipinski definition) is 4. The van der Waals surface area contributed by atoms with Crippen molar-refractivity contribution in [2.45, 2.75) is 40.7 Å². The number of hydrogen-bond donors (Lipinski definition) is 1. The van der Waals surface area contributed by atoms with Crippen molar-refractivity contribution in [2.24, 2.45) is 0 Å². The molecule has 1 rings (SSSR count). The first kappa shape index (κ1) is 17.1. The number of carbonyl (C=O) groups is 1. The van der Waals surface area contributed by atoms with E-state index >= 15 is 0 Å². The molecule has 118 valence electrons. The van der Waals surface area contributed by atoms with E-state index in [0.717, 1.165) is 0 Å². The Labute approximate surface area is 126 Å². The number of ether oxygens (including phenoxy) is 3. The Morgan fingerprint density at radius 3 is 1.86 bits per heavy atom. The van der Waals surface area contributed by atoms with E-state index in [2.05, 4.69) is 5.32 Å². The monoisotopic (exact) mass is 295 g/mol. The summed E-state index contributed by atoms with van der Waals surface area (Å²) in [5, 5.41) is 2.86. The van der Waals surface area contributed by atoms with Gasteiger partial charge in [-0.3, -0.25) is 4.79 Å². The van der Waals surface area contributed by atoms with Gasteiger partial charge in [-0.05, 0) is 46.8 Å². The Hall–Kier alpha value is -1.91. The van der Waals surface area contributed by atoms with Crippen LogP contribution in [0.5, 0.6) is 17.2 Å². The van der Waals surface area contributed by atoms with Gasteiger partial charge in [0, 0.05) is 11.6 Å². The molecule has 0 fully saturated rings. The van der Waals surface area contributed by atoms with Gasteiger partial charge in [0.1, 0.15) is 0 Å². The van der Waals surface area contributed by atoms with Crippen molar-refractivity contribution in [3.8, 4) is 17.2 Å². The predicted molar refractivity (Wildman–Crippen MR) is 82.6 cm³/mol. The average molecular weight is 295 g/mol. The van der Waals surface area contributed by atoms with Gasteiger partial charge in [0.15, 0.2) is 11.5 Å². The molecule has 5 heteroatoms. The molecule has 0 aliphatic rings. The summed E-state index contributed by atoms with van der Waals surface area (Å²) in [7, 11) is 0. The van der Waals surface area contributed by atoms with Gasteiger partial charge >= 0.3 is 0 Å². The zero-order chi connectivity index (χ0) is 15.8. The van der Waals surface area contributed by atoms with Gasteiger partial charge < -0.3 is 19.5 Å². The first-order valence-electron chi connectivity index (χ1n) is 7.40. The van der Waals surface area contributed by atoms with Crippen LogP contribution in [0.1, 0.15) is 45.0 Å². The van der Waals surface area contributed by atoms with Crippen molar-refractivity contribution >= 4 is 5.91 Å². The molecule has 0 aliphatic carbocycles. The Morgan fingerprint density at radius 1 is 1.00 bits per heavy atom. The zero-order valence-corrected chi connectivity index (χ0v) is 13.5. The van der Waals surface area contributed by atoms with E-state index in [-0.39, 0.29) is 11.9 Å². The molecule has 0 radical (unpaired) electrons. The molecule has 1 N–H and O–H groups in total. The minimum absolute atomic E-state index is 0.0650. The maximum absolute atomic E-state index is 12.2. The third-order valence-corrected chi connectivity index (χ3v) is 2.59. The predicted octanol–water partition coefficient (Wildman–Crippen LogP) is 3.02. The number of nitrogens with one attached hydrogen (secondary N) is 1. The first-order chi connectivity index (χ1) is 10.0. The molecule has 0 unspecified atom stereocenters. The zero-order valence-electron chi connectivity index (χ0n) is 13.5. The van der Waals surface area contributed by atoms with Crippen LogP contribution in [0, 0.1) is 0 Å². The Balaban J connectivity index is 3.24. The van der Waals surface area contributed by atoms with Crippen LogP contribution >= 0.6 is 0 Å². The van der Waals surface area contributed by atoms with Crippen LogP contribution in [-0.2, 0) is 0 Å². The molecule has 5 nitrogen and oxygen atoms in total. The molecule has 0 spiro atoms. The van der Waals surface area contributed by atoms with Gasteiger partial charge in [-0.2, -0.15) is 0 Å².